The number of carbonyl (C=O) groups is 2. The van der Waals surface area contributed by atoms with Gasteiger partial charge in [-0.2, -0.15) is 5.10 Å². The minimum Gasteiger partial charge on any atom is -0.468 e. The van der Waals surface area contributed by atoms with E-state index < -0.39 is 0 Å². The maximum Gasteiger partial charge on any atom is 0.319 e. The number of amides is 1. The number of aromatic nitrogens is 2. The van der Waals surface area contributed by atoms with Gasteiger partial charge in [-0.3, -0.25) is 19.2 Å². The molecule has 2 N–H and O–H groups in total. The minimum atomic E-state index is -0.263. The van der Waals surface area contributed by atoms with Crippen molar-refractivity contribution in [2.24, 2.45) is 7.05 Å². The van der Waals surface area contributed by atoms with Crippen LogP contribution in [0.4, 0.5) is 5.69 Å². The number of piperazine rings is 1. The highest BCUT2D eigenvalue weighted by Crippen LogP contribution is 2.18. The van der Waals surface area contributed by atoms with Gasteiger partial charge in [0.2, 0.25) is 0 Å². The first kappa shape index (κ1) is 15.3. The quantitative estimate of drug-likeness (QED) is 0.737. The zero-order valence-corrected chi connectivity index (χ0v) is 12.6. The topological polar surface area (TPSA) is 93.7 Å². The molecule has 0 radical (unpaired) electrons. The number of rotatable bonds is 3. The van der Waals surface area contributed by atoms with E-state index >= 15 is 0 Å². The molecular formula is C13H21N5O3. The van der Waals surface area contributed by atoms with Gasteiger partial charge in [0, 0.05) is 33.2 Å². The van der Waals surface area contributed by atoms with Crippen molar-refractivity contribution in [1.82, 2.24) is 19.6 Å². The Morgan fingerprint density at radius 2 is 1.90 bits per heavy atom. The molecular weight excluding hydrogens is 274 g/mol. The molecule has 0 unspecified atom stereocenters. The Hall–Kier alpha value is -2.09. The average Bonchev–Trinajstić information content (AvgIpc) is 2.72. The Kier molecular flexibility index (Phi) is 4.46. The molecule has 0 atom stereocenters. The largest absolute Gasteiger partial charge is 0.468 e. The fourth-order valence-electron chi connectivity index (χ4n) is 2.43. The van der Waals surface area contributed by atoms with Gasteiger partial charge in [0.25, 0.3) is 5.91 Å². The molecule has 1 aromatic heterocycles. The minimum absolute atomic E-state index is 0.117. The number of hydrogen-bond donors (Lipinski definition) is 1. The standard InChI is InChI=1S/C13H21N5O3/c1-9-11(14)12(16(2)15-9)13(20)18-6-4-17(5-7-18)8-10(19)21-3/h4-8,14H2,1-3H3. The molecule has 0 spiro atoms. The third kappa shape index (κ3) is 3.15. The van der Waals surface area contributed by atoms with Crippen molar-refractivity contribution in [3.05, 3.63) is 11.4 Å². The van der Waals surface area contributed by atoms with Crippen molar-refractivity contribution in [3.63, 3.8) is 0 Å². The average molecular weight is 295 g/mol. The number of nitrogen functional groups attached to an aromatic ring is 1. The number of nitrogens with zero attached hydrogens (tertiary/aromatic N) is 4. The third-order valence-corrected chi connectivity index (χ3v) is 3.71. The van der Waals surface area contributed by atoms with E-state index in [4.69, 9.17) is 5.73 Å². The Labute approximate surface area is 123 Å². The van der Waals surface area contributed by atoms with Crippen LogP contribution in [0.15, 0.2) is 0 Å². The van der Waals surface area contributed by atoms with Crippen LogP contribution < -0.4 is 5.73 Å². The first-order valence-corrected chi connectivity index (χ1v) is 6.81. The summed E-state index contributed by atoms with van der Waals surface area (Å²) in [6.45, 7) is 4.42. The van der Waals surface area contributed by atoms with Gasteiger partial charge in [-0.15, -0.1) is 0 Å². The number of anilines is 1. The number of hydrogen-bond acceptors (Lipinski definition) is 6. The summed E-state index contributed by atoms with van der Waals surface area (Å²) in [6.07, 6.45) is 0. The Morgan fingerprint density at radius 1 is 1.29 bits per heavy atom. The van der Waals surface area contributed by atoms with E-state index in [9.17, 15) is 9.59 Å². The Bertz CT molecular complexity index is 546. The highest BCUT2D eigenvalue weighted by atomic mass is 16.5. The Balaban J connectivity index is 1.99. The van der Waals surface area contributed by atoms with Crippen molar-refractivity contribution in [3.8, 4) is 0 Å². The van der Waals surface area contributed by atoms with Crippen LogP contribution in [0.25, 0.3) is 0 Å². The second-order valence-corrected chi connectivity index (χ2v) is 5.12. The molecule has 0 bridgehead atoms. The number of ether oxygens (including phenoxy) is 1. The van der Waals surface area contributed by atoms with Crippen molar-refractivity contribution in [1.29, 1.82) is 0 Å². The Morgan fingerprint density at radius 3 is 2.38 bits per heavy atom. The van der Waals surface area contributed by atoms with E-state index in [2.05, 4.69) is 9.84 Å². The lowest BCUT2D eigenvalue weighted by Gasteiger charge is -2.34. The van der Waals surface area contributed by atoms with E-state index in [0.717, 1.165) is 0 Å². The lowest BCUT2D eigenvalue weighted by atomic mass is 10.2. The number of carbonyl (C=O) groups excluding carboxylic acids is 2. The SMILES string of the molecule is COC(=O)CN1CCN(C(=O)c2c(N)c(C)nn2C)CC1. The van der Waals surface area contributed by atoms with Crippen LogP contribution in [0.3, 0.4) is 0 Å². The van der Waals surface area contributed by atoms with Crippen LogP contribution in [0.1, 0.15) is 16.2 Å². The van der Waals surface area contributed by atoms with Gasteiger partial charge < -0.3 is 15.4 Å². The van der Waals surface area contributed by atoms with E-state index in [1.165, 1.54) is 11.8 Å². The van der Waals surface area contributed by atoms with E-state index in [1.54, 1.807) is 18.9 Å². The predicted molar refractivity (Wildman–Crippen MR) is 76.7 cm³/mol. The van der Waals surface area contributed by atoms with Gasteiger partial charge in [0.05, 0.1) is 25.0 Å². The van der Waals surface area contributed by atoms with Crippen LogP contribution in [0.5, 0.6) is 0 Å². The molecule has 0 aliphatic carbocycles. The summed E-state index contributed by atoms with van der Waals surface area (Å²) in [7, 11) is 3.08. The van der Waals surface area contributed by atoms with Crippen molar-refractivity contribution in [2.75, 3.05) is 45.6 Å². The molecule has 1 amide bonds. The molecule has 0 aromatic carbocycles. The zero-order valence-electron chi connectivity index (χ0n) is 12.6. The van der Waals surface area contributed by atoms with Crippen LogP contribution in [-0.2, 0) is 16.6 Å². The van der Waals surface area contributed by atoms with E-state index in [1.807, 2.05) is 4.90 Å². The van der Waals surface area contributed by atoms with Gasteiger partial charge in [-0.25, -0.2) is 0 Å². The molecule has 2 heterocycles. The fraction of sp³-hybridized carbons (Fsp3) is 0.615. The highest BCUT2D eigenvalue weighted by Gasteiger charge is 2.27. The maximum atomic E-state index is 12.5. The second kappa shape index (κ2) is 6.13. The smallest absolute Gasteiger partial charge is 0.319 e. The molecule has 8 nitrogen and oxygen atoms in total. The van der Waals surface area contributed by atoms with Gasteiger partial charge >= 0.3 is 5.97 Å². The van der Waals surface area contributed by atoms with Crippen molar-refractivity contribution >= 4 is 17.6 Å². The van der Waals surface area contributed by atoms with Gasteiger partial charge in [-0.05, 0) is 6.92 Å². The normalized spacial score (nSPS) is 16.0. The predicted octanol–water partition coefficient (Wildman–Crippen LogP) is -0.758. The summed E-state index contributed by atoms with van der Waals surface area (Å²) in [6, 6.07) is 0. The second-order valence-electron chi connectivity index (χ2n) is 5.12. The summed E-state index contributed by atoms with van der Waals surface area (Å²) in [5.74, 6) is -0.380. The molecule has 0 saturated carbocycles. The summed E-state index contributed by atoms with van der Waals surface area (Å²) < 4.78 is 6.16. The molecule has 21 heavy (non-hydrogen) atoms. The summed E-state index contributed by atoms with van der Waals surface area (Å²) in [5.41, 5.74) is 7.43. The molecule has 8 heteroatoms. The highest BCUT2D eigenvalue weighted by molar-refractivity contribution is 5.98. The molecule has 1 aliphatic heterocycles. The summed E-state index contributed by atoms with van der Waals surface area (Å²) in [5, 5.41) is 4.16. The van der Waals surface area contributed by atoms with Gasteiger partial charge in [0.15, 0.2) is 0 Å². The summed E-state index contributed by atoms with van der Waals surface area (Å²) >= 11 is 0. The first-order valence-electron chi connectivity index (χ1n) is 6.81. The number of nitrogens with two attached hydrogens (primary N) is 1. The van der Waals surface area contributed by atoms with Crippen molar-refractivity contribution in [2.45, 2.75) is 6.92 Å². The van der Waals surface area contributed by atoms with Crippen LogP contribution in [-0.4, -0.2) is 71.3 Å². The van der Waals surface area contributed by atoms with Crippen molar-refractivity contribution < 1.29 is 14.3 Å². The number of esters is 1. The van der Waals surface area contributed by atoms with Crippen LogP contribution in [0.2, 0.25) is 0 Å². The zero-order chi connectivity index (χ0) is 15.6. The molecule has 1 saturated heterocycles. The lowest BCUT2D eigenvalue weighted by Crippen LogP contribution is -2.50. The molecule has 2 rings (SSSR count). The number of methoxy groups -OCH3 is 1. The third-order valence-electron chi connectivity index (χ3n) is 3.71. The summed E-state index contributed by atoms with van der Waals surface area (Å²) in [4.78, 5) is 27.5. The van der Waals surface area contributed by atoms with Crippen LogP contribution >= 0.6 is 0 Å². The van der Waals surface area contributed by atoms with Gasteiger partial charge in [-0.1, -0.05) is 0 Å². The molecule has 1 aromatic rings. The molecule has 1 aliphatic rings. The number of aryl methyl sites for hydroxylation is 2. The lowest BCUT2D eigenvalue weighted by molar-refractivity contribution is -0.142. The monoisotopic (exact) mass is 295 g/mol. The first-order chi connectivity index (χ1) is 9.93. The maximum absolute atomic E-state index is 12.5. The molecule has 116 valence electrons. The van der Waals surface area contributed by atoms with E-state index in [0.29, 0.717) is 43.3 Å². The van der Waals surface area contributed by atoms with Crippen LogP contribution in [0, 0.1) is 6.92 Å². The van der Waals surface area contributed by atoms with E-state index in [-0.39, 0.29) is 18.4 Å². The van der Waals surface area contributed by atoms with Gasteiger partial charge in [0.1, 0.15) is 5.69 Å². The fourth-order valence-corrected chi connectivity index (χ4v) is 2.43. The molecule has 1 fully saturated rings.